The molecule has 1 aliphatic heterocycles. The maximum absolute atomic E-state index is 13.7. The highest BCUT2D eigenvalue weighted by Gasteiger charge is 2.23. The lowest BCUT2D eigenvalue weighted by Crippen LogP contribution is -2.39. The minimum absolute atomic E-state index is 0.0847. The summed E-state index contributed by atoms with van der Waals surface area (Å²) in [6, 6.07) is 13.0. The Morgan fingerprint density at radius 2 is 1.64 bits per heavy atom. The molecule has 0 saturated carbocycles. The second-order valence-corrected chi connectivity index (χ2v) is 6.44. The molecule has 3 nitrogen and oxygen atoms in total. The van der Waals surface area contributed by atoms with Crippen LogP contribution in [0.3, 0.4) is 0 Å². The second-order valence-electron chi connectivity index (χ2n) is 6.44. The molecular formula is C20H23F2NO2. The summed E-state index contributed by atoms with van der Waals surface area (Å²) in [4.78, 5) is 2.11. The van der Waals surface area contributed by atoms with E-state index in [1.807, 2.05) is 0 Å². The first-order chi connectivity index (χ1) is 12.1. The number of ether oxygens (including phenoxy) is 1. The van der Waals surface area contributed by atoms with Gasteiger partial charge in [-0.15, -0.1) is 0 Å². The van der Waals surface area contributed by atoms with Gasteiger partial charge in [0.15, 0.2) is 0 Å². The van der Waals surface area contributed by atoms with E-state index in [1.165, 1.54) is 12.1 Å². The number of hydrogen-bond acceptors (Lipinski definition) is 3. The van der Waals surface area contributed by atoms with Gasteiger partial charge in [-0.25, -0.2) is 8.78 Å². The molecule has 0 amide bonds. The highest BCUT2D eigenvalue weighted by Crippen LogP contribution is 2.21. The third kappa shape index (κ3) is 4.84. The van der Waals surface area contributed by atoms with Crippen molar-refractivity contribution in [2.24, 2.45) is 0 Å². The quantitative estimate of drug-likeness (QED) is 0.865. The fourth-order valence-electron chi connectivity index (χ4n) is 3.17. The van der Waals surface area contributed by atoms with Gasteiger partial charge in [0.1, 0.15) is 11.6 Å². The van der Waals surface area contributed by atoms with Crippen LogP contribution in [-0.2, 0) is 11.3 Å². The van der Waals surface area contributed by atoms with E-state index in [9.17, 15) is 13.9 Å². The molecule has 0 radical (unpaired) electrons. The molecule has 0 bridgehead atoms. The van der Waals surface area contributed by atoms with Gasteiger partial charge in [0.05, 0.1) is 18.8 Å². The van der Waals surface area contributed by atoms with E-state index >= 15 is 0 Å². The van der Waals surface area contributed by atoms with Crippen LogP contribution in [0.15, 0.2) is 48.5 Å². The van der Waals surface area contributed by atoms with Gasteiger partial charge < -0.3 is 14.7 Å². The highest BCUT2D eigenvalue weighted by molar-refractivity contribution is 5.20. The zero-order valence-corrected chi connectivity index (χ0v) is 14.1. The Morgan fingerprint density at radius 1 is 1.00 bits per heavy atom. The van der Waals surface area contributed by atoms with Crippen LogP contribution in [0, 0.1) is 11.6 Å². The third-order valence-corrected chi connectivity index (χ3v) is 4.66. The van der Waals surface area contributed by atoms with E-state index in [-0.39, 0.29) is 24.3 Å². The normalized spacial score (nSPS) is 17.6. The van der Waals surface area contributed by atoms with Crippen molar-refractivity contribution < 1.29 is 18.6 Å². The van der Waals surface area contributed by atoms with Crippen molar-refractivity contribution in [1.82, 2.24) is 4.90 Å². The van der Waals surface area contributed by atoms with Crippen molar-refractivity contribution in [2.45, 2.75) is 31.7 Å². The lowest BCUT2D eigenvalue weighted by atomic mass is 10.0. The molecule has 1 fully saturated rings. The molecule has 2 aromatic carbocycles. The Morgan fingerprint density at radius 3 is 2.32 bits per heavy atom. The number of benzene rings is 2. The number of halogens is 2. The molecule has 0 aliphatic carbocycles. The fraction of sp³-hybridized carbons (Fsp3) is 0.400. The average molecular weight is 347 g/mol. The van der Waals surface area contributed by atoms with Gasteiger partial charge in [-0.05, 0) is 25.0 Å². The predicted molar refractivity (Wildman–Crippen MR) is 92.0 cm³/mol. The molecule has 1 N–H and O–H groups in total. The van der Waals surface area contributed by atoms with E-state index in [0.29, 0.717) is 17.7 Å². The summed E-state index contributed by atoms with van der Waals surface area (Å²) in [5.41, 5.74) is 0.903. The Labute approximate surface area is 146 Å². The molecular weight excluding hydrogens is 324 g/mol. The highest BCUT2D eigenvalue weighted by atomic mass is 19.1. The van der Waals surface area contributed by atoms with Crippen molar-refractivity contribution >= 4 is 0 Å². The fourth-order valence-corrected chi connectivity index (χ4v) is 3.17. The van der Waals surface area contributed by atoms with Crippen molar-refractivity contribution in [1.29, 1.82) is 0 Å². The molecule has 1 aliphatic rings. The second kappa shape index (κ2) is 8.52. The van der Waals surface area contributed by atoms with E-state index in [2.05, 4.69) is 4.90 Å². The van der Waals surface area contributed by atoms with Crippen molar-refractivity contribution in [3.05, 3.63) is 71.3 Å². The lowest BCUT2D eigenvalue weighted by molar-refractivity contribution is -0.0120. The minimum atomic E-state index is -0.836. The van der Waals surface area contributed by atoms with Gasteiger partial charge in [0.2, 0.25) is 0 Å². The van der Waals surface area contributed by atoms with Gasteiger partial charge in [-0.1, -0.05) is 36.4 Å². The topological polar surface area (TPSA) is 32.7 Å². The number of piperidine rings is 1. The van der Waals surface area contributed by atoms with E-state index in [1.54, 1.807) is 36.4 Å². The van der Waals surface area contributed by atoms with Crippen LogP contribution < -0.4 is 0 Å². The zero-order valence-electron chi connectivity index (χ0n) is 14.1. The van der Waals surface area contributed by atoms with Crippen molar-refractivity contribution in [2.75, 3.05) is 19.6 Å². The smallest absolute Gasteiger partial charge is 0.129 e. The third-order valence-electron chi connectivity index (χ3n) is 4.66. The van der Waals surface area contributed by atoms with Gasteiger partial charge >= 0.3 is 0 Å². The molecule has 2 aromatic rings. The maximum atomic E-state index is 13.7. The number of hydrogen-bond donors (Lipinski definition) is 1. The van der Waals surface area contributed by atoms with Crippen LogP contribution in [0.4, 0.5) is 8.78 Å². The molecule has 1 unspecified atom stereocenters. The van der Waals surface area contributed by atoms with Gasteiger partial charge in [0, 0.05) is 30.8 Å². The average Bonchev–Trinajstić information content (AvgIpc) is 2.62. The molecule has 134 valence electrons. The number of β-amino-alcohol motifs (C(OH)–C–C–N with tert-alkyl or cyclic N) is 1. The predicted octanol–water partition coefficient (Wildman–Crippen LogP) is 3.68. The zero-order chi connectivity index (χ0) is 17.6. The molecule has 0 aromatic heterocycles. The number of aliphatic hydroxyl groups excluding tert-OH is 1. The first-order valence-corrected chi connectivity index (χ1v) is 8.63. The van der Waals surface area contributed by atoms with Crippen LogP contribution in [-0.4, -0.2) is 35.7 Å². The number of likely N-dealkylation sites (tertiary alicyclic amines) is 1. The summed E-state index contributed by atoms with van der Waals surface area (Å²) in [5.74, 6) is -0.619. The molecule has 1 atom stereocenters. The molecule has 0 spiro atoms. The molecule has 1 saturated heterocycles. The minimum Gasteiger partial charge on any atom is -0.387 e. The van der Waals surface area contributed by atoms with Gasteiger partial charge in [0.25, 0.3) is 0 Å². The van der Waals surface area contributed by atoms with E-state index in [4.69, 9.17) is 4.74 Å². The summed E-state index contributed by atoms with van der Waals surface area (Å²) in [6.45, 7) is 2.22. The summed E-state index contributed by atoms with van der Waals surface area (Å²) >= 11 is 0. The van der Waals surface area contributed by atoms with Gasteiger partial charge in [-0.3, -0.25) is 0 Å². The Balaban J connectivity index is 1.44. The first-order valence-electron chi connectivity index (χ1n) is 8.63. The Kier molecular flexibility index (Phi) is 6.13. The summed E-state index contributed by atoms with van der Waals surface area (Å²) in [5, 5.41) is 10.2. The standard InChI is InChI=1S/C20H23F2NO2/c21-18-7-3-1-5-15(18)14-25-16-9-11-23(12-10-16)13-20(24)17-6-2-4-8-19(17)22/h1-8,16,20,24H,9-14H2. The summed E-state index contributed by atoms with van der Waals surface area (Å²) in [7, 11) is 0. The number of nitrogens with zero attached hydrogens (tertiary/aromatic N) is 1. The van der Waals surface area contributed by atoms with Crippen LogP contribution in [0.2, 0.25) is 0 Å². The molecule has 25 heavy (non-hydrogen) atoms. The van der Waals surface area contributed by atoms with Crippen molar-refractivity contribution in [3.8, 4) is 0 Å². The van der Waals surface area contributed by atoms with E-state index < -0.39 is 6.10 Å². The maximum Gasteiger partial charge on any atom is 0.129 e. The van der Waals surface area contributed by atoms with Crippen LogP contribution in [0.25, 0.3) is 0 Å². The molecule has 3 rings (SSSR count). The van der Waals surface area contributed by atoms with Crippen LogP contribution in [0.5, 0.6) is 0 Å². The first kappa shape index (κ1) is 18.0. The SMILES string of the molecule is OC(CN1CCC(OCc2ccccc2F)CC1)c1ccccc1F. The Hall–Kier alpha value is -1.82. The summed E-state index contributed by atoms with van der Waals surface area (Å²) < 4.78 is 33.1. The van der Waals surface area contributed by atoms with Crippen molar-refractivity contribution in [3.63, 3.8) is 0 Å². The van der Waals surface area contributed by atoms with Crippen LogP contribution >= 0.6 is 0 Å². The number of rotatable bonds is 6. The lowest BCUT2D eigenvalue weighted by Gasteiger charge is -2.33. The molecule has 5 heteroatoms. The largest absolute Gasteiger partial charge is 0.387 e. The van der Waals surface area contributed by atoms with Gasteiger partial charge in [-0.2, -0.15) is 0 Å². The monoisotopic (exact) mass is 347 g/mol. The van der Waals surface area contributed by atoms with E-state index in [0.717, 1.165) is 25.9 Å². The summed E-state index contributed by atoms with van der Waals surface area (Å²) in [6.07, 6.45) is 0.884. The number of aliphatic hydroxyl groups is 1. The van der Waals surface area contributed by atoms with Crippen LogP contribution in [0.1, 0.15) is 30.1 Å². The Bertz CT molecular complexity index is 687. The molecule has 1 heterocycles.